The van der Waals surface area contributed by atoms with Crippen LogP contribution in [0.5, 0.6) is 0 Å². The minimum absolute atomic E-state index is 0.00991. The number of aliphatic hydroxyl groups is 1. The topological polar surface area (TPSA) is 93.5 Å². The van der Waals surface area contributed by atoms with E-state index in [0.717, 1.165) is 16.8 Å². The molecule has 0 aliphatic rings. The predicted octanol–water partition coefficient (Wildman–Crippen LogP) is 0.369. The first-order chi connectivity index (χ1) is 10.4. The SMILES string of the molecule is OCCc1c(-c2ccccc2)n2nnnc2n2ncnc12. The lowest BCUT2D eigenvalue weighted by molar-refractivity contribution is 0.300. The molecule has 3 aromatic heterocycles. The maximum absolute atomic E-state index is 9.39. The monoisotopic (exact) mass is 281 g/mol. The zero-order valence-electron chi connectivity index (χ0n) is 11.0. The van der Waals surface area contributed by atoms with Crippen molar-refractivity contribution in [3.63, 3.8) is 0 Å². The molecule has 0 bridgehead atoms. The maximum Gasteiger partial charge on any atom is 0.277 e. The summed E-state index contributed by atoms with van der Waals surface area (Å²) in [4.78, 5) is 4.29. The first kappa shape index (κ1) is 11.9. The number of aliphatic hydroxyl groups excluding tert-OH is 1. The van der Waals surface area contributed by atoms with Gasteiger partial charge >= 0.3 is 0 Å². The third-order valence-corrected chi connectivity index (χ3v) is 3.37. The molecule has 1 N–H and O–H groups in total. The van der Waals surface area contributed by atoms with Gasteiger partial charge in [-0.05, 0) is 10.4 Å². The summed E-state index contributed by atoms with van der Waals surface area (Å²) in [7, 11) is 0. The Morgan fingerprint density at radius 3 is 2.76 bits per heavy atom. The number of benzene rings is 1. The molecule has 104 valence electrons. The van der Waals surface area contributed by atoms with Crippen molar-refractivity contribution in [2.75, 3.05) is 6.61 Å². The van der Waals surface area contributed by atoms with E-state index in [-0.39, 0.29) is 6.61 Å². The Bertz CT molecular complexity index is 912. The largest absolute Gasteiger partial charge is 0.396 e. The molecule has 0 unspecified atom stereocenters. The molecule has 21 heavy (non-hydrogen) atoms. The Kier molecular flexibility index (Phi) is 2.61. The quantitative estimate of drug-likeness (QED) is 0.583. The van der Waals surface area contributed by atoms with Gasteiger partial charge in [-0.2, -0.15) is 14.1 Å². The average molecular weight is 281 g/mol. The van der Waals surface area contributed by atoms with Crippen LogP contribution in [0.15, 0.2) is 36.7 Å². The minimum atomic E-state index is 0.00991. The zero-order valence-corrected chi connectivity index (χ0v) is 11.0. The summed E-state index contributed by atoms with van der Waals surface area (Å²) in [6.07, 6.45) is 1.90. The van der Waals surface area contributed by atoms with Gasteiger partial charge in [-0.25, -0.2) is 4.98 Å². The summed E-state index contributed by atoms with van der Waals surface area (Å²) in [5.74, 6) is 0.489. The van der Waals surface area contributed by atoms with E-state index in [4.69, 9.17) is 0 Å². The van der Waals surface area contributed by atoms with Gasteiger partial charge in [-0.3, -0.25) is 0 Å². The average Bonchev–Trinajstić information content (AvgIpc) is 3.17. The molecule has 1 aromatic carbocycles. The van der Waals surface area contributed by atoms with Crippen molar-refractivity contribution in [2.45, 2.75) is 6.42 Å². The number of rotatable bonds is 3. The van der Waals surface area contributed by atoms with E-state index in [2.05, 4.69) is 25.6 Å². The molecular formula is C13H11N7O. The second-order valence-electron chi connectivity index (χ2n) is 4.55. The van der Waals surface area contributed by atoms with Gasteiger partial charge < -0.3 is 5.11 Å². The van der Waals surface area contributed by atoms with Crippen molar-refractivity contribution in [3.05, 3.63) is 42.2 Å². The summed E-state index contributed by atoms with van der Waals surface area (Å²) >= 11 is 0. The summed E-state index contributed by atoms with van der Waals surface area (Å²) < 4.78 is 3.21. The van der Waals surface area contributed by atoms with Gasteiger partial charge in [0.2, 0.25) is 0 Å². The molecule has 0 aliphatic carbocycles. The van der Waals surface area contributed by atoms with Crippen molar-refractivity contribution in [1.29, 1.82) is 0 Å². The van der Waals surface area contributed by atoms with Crippen LogP contribution in [0.25, 0.3) is 22.7 Å². The lowest BCUT2D eigenvalue weighted by Gasteiger charge is -2.11. The van der Waals surface area contributed by atoms with Crippen LogP contribution in [0, 0.1) is 0 Å². The number of nitrogens with zero attached hydrogens (tertiary/aromatic N) is 7. The van der Waals surface area contributed by atoms with Crippen molar-refractivity contribution in [1.82, 2.24) is 34.6 Å². The van der Waals surface area contributed by atoms with E-state index < -0.39 is 0 Å². The second-order valence-corrected chi connectivity index (χ2v) is 4.55. The summed E-state index contributed by atoms with van der Waals surface area (Å²) in [6, 6.07) is 9.79. The number of hydrogen-bond acceptors (Lipinski definition) is 6. The molecule has 0 atom stereocenters. The number of aromatic nitrogens is 7. The Morgan fingerprint density at radius 2 is 1.95 bits per heavy atom. The molecule has 0 saturated heterocycles. The maximum atomic E-state index is 9.39. The van der Waals surface area contributed by atoms with Gasteiger partial charge in [0.15, 0.2) is 5.65 Å². The fourth-order valence-corrected chi connectivity index (χ4v) is 2.52. The number of tetrazole rings is 1. The highest BCUT2D eigenvalue weighted by Gasteiger charge is 2.19. The molecule has 4 aromatic rings. The number of fused-ring (bicyclic) bond motifs is 3. The molecule has 8 heteroatoms. The molecule has 8 nitrogen and oxygen atoms in total. The molecule has 0 spiro atoms. The zero-order chi connectivity index (χ0) is 14.2. The highest BCUT2D eigenvalue weighted by atomic mass is 16.3. The summed E-state index contributed by atoms with van der Waals surface area (Å²) in [6.45, 7) is 0.00991. The lowest BCUT2D eigenvalue weighted by atomic mass is 10.0. The molecule has 0 radical (unpaired) electrons. The predicted molar refractivity (Wildman–Crippen MR) is 73.6 cm³/mol. The molecule has 4 rings (SSSR count). The van der Waals surface area contributed by atoms with Crippen LogP contribution in [0.1, 0.15) is 5.56 Å². The van der Waals surface area contributed by atoms with Crippen LogP contribution in [-0.4, -0.2) is 46.4 Å². The van der Waals surface area contributed by atoms with Crippen LogP contribution in [0.3, 0.4) is 0 Å². The Balaban J connectivity index is 2.18. The van der Waals surface area contributed by atoms with E-state index in [1.807, 2.05) is 30.3 Å². The van der Waals surface area contributed by atoms with E-state index >= 15 is 0 Å². The van der Waals surface area contributed by atoms with Gasteiger partial charge in [0.1, 0.15) is 6.33 Å². The summed E-state index contributed by atoms with van der Waals surface area (Å²) in [5.41, 5.74) is 3.31. The van der Waals surface area contributed by atoms with Crippen molar-refractivity contribution in [3.8, 4) is 11.3 Å². The highest BCUT2D eigenvalue weighted by Crippen LogP contribution is 2.26. The van der Waals surface area contributed by atoms with Crippen molar-refractivity contribution < 1.29 is 5.11 Å². The molecule has 3 heterocycles. The van der Waals surface area contributed by atoms with Crippen molar-refractivity contribution >= 4 is 11.4 Å². The third kappa shape index (κ3) is 1.69. The van der Waals surface area contributed by atoms with Gasteiger partial charge in [0, 0.05) is 24.2 Å². The smallest absolute Gasteiger partial charge is 0.277 e. The Morgan fingerprint density at radius 1 is 1.10 bits per heavy atom. The lowest BCUT2D eigenvalue weighted by Crippen LogP contribution is -2.08. The second kappa shape index (κ2) is 4.60. The molecular weight excluding hydrogens is 270 g/mol. The molecule has 0 aliphatic heterocycles. The van der Waals surface area contributed by atoms with Crippen LogP contribution < -0.4 is 0 Å². The highest BCUT2D eigenvalue weighted by molar-refractivity contribution is 5.72. The van der Waals surface area contributed by atoms with Gasteiger partial charge in [0.05, 0.1) is 5.69 Å². The third-order valence-electron chi connectivity index (χ3n) is 3.37. The van der Waals surface area contributed by atoms with Gasteiger partial charge in [0.25, 0.3) is 5.78 Å². The van der Waals surface area contributed by atoms with Gasteiger partial charge in [-0.15, -0.1) is 0 Å². The van der Waals surface area contributed by atoms with Crippen LogP contribution in [0.4, 0.5) is 0 Å². The molecule has 0 amide bonds. The Hall–Kier alpha value is -2.87. The minimum Gasteiger partial charge on any atom is -0.396 e. The van der Waals surface area contributed by atoms with E-state index in [1.165, 1.54) is 6.33 Å². The first-order valence-corrected chi connectivity index (χ1v) is 6.49. The molecule has 0 fully saturated rings. The van der Waals surface area contributed by atoms with E-state index in [0.29, 0.717) is 17.8 Å². The fraction of sp³-hybridized carbons (Fsp3) is 0.154. The van der Waals surface area contributed by atoms with Crippen molar-refractivity contribution in [2.24, 2.45) is 0 Å². The van der Waals surface area contributed by atoms with E-state index in [9.17, 15) is 5.11 Å². The van der Waals surface area contributed by atoms with E-state index in [1.54, 1.807) is 9.03 Å². The number of hydrogen-bond donors (Lipinski definition) is 1. The summed E-state index contributed by atoms with van der Waals surface area (Å²) in [5, 5.41) is 25.3. The Labute approximate surface area is 118 Å². The van der Waals surface area contributed by atoms with Crippen LogP contribution in [0.2, 0.25) is 0 Å². The molecule has 0 saturated carbocycles. The normalized spacial score (nSPS) is 11.5. The van der Waals surface area contributed by atoms with Gasteiger partial charge in [-0.1, -0.05) is 35.4 Å². The van der Waals surface area contributed by atoms with Crippen LogP contribution >= 0.6 is 0 Å². The first-order valence-electron chi connectivity index (χ1n) is 6.49. The standard InChI is InChI=1S/C13H11N7O/c21-7-6-10-11(9-4-2-1-3-5-9)19-13(16-17-18-19)20-12(10)14-8-15-20/h1-5,8,21H,6-7H2. The van der Waals surface area contributed by atoms with Crippen LogP contribution in [-0.2, 0) is 6.42 Å². The fourth-order valence-electron chi connectivity index (χ4n) is 2.52.